The number of nitrogens with one attached hydrogen (secondary N) is 1. The topological polar surface area (TPSA) is 141 Å². The van der Waals surface area contributed by atoms with E-state index in [-0.39, 0.29) is 11.4 Å². The number of ether oxygens (including phenoxy) is 1. The highest BCUT2D eigenvalue weighted by Gasteiger charge is 2.57. The van der Waals surface area contributed by atoms with Crippen molar-refractivity contribution in [2.45, 2.75) is 22.7 Å². The first-order chi connectivity index (χ1) is 17.3. The van der Waals surface area contributed by atoms with Gasteiger partial charge in [0, 0.05) is 16.5 Å². The fourth-order valence-corrected chi connectivity index (χ4v) is 7.28. The zero-order chi connectivity index (χ0) is 25.6. The van der Waals surface area contributed by atoms with Gasteiger partial charge >= 0.3 is 10.9 Å². The number of benzene rings is 2. The van der Waals surface area contributed by atoms with Gasteiger partial charge in [0.25, 0.3) is 5.91 Å². The molecule has 2 aromatic carbocycles. The van der Waals surface area contributed by atoms with Crippen molar-refractivity contribution in [3.8, 4) is 5.75 Å². The lowest BCUT2D eigenvalue weighted by molar-refractivity contribution is -0.135. The minimum atomic E-state index is -1.13. The molecule has 2 aliphatic rings. The van der Waals surface area contributed by atoms with Gasteiger partial charge in [-0.3, -0.25) is 23.7 Å². The van der Waals surface area contributed by atoms with E-state index < -0.39 is 40.8 Å². The number of aromatic nitrogens is 1. The van der Waals surface area contributed by atoms with Crippen LogP contribution in [0.5, 0.6) is 5.75 Å². The Hall–Kier alpha value is -3.90. The van der Waals surface area contributed by atoms with Crippen LogP contribution in [0.2, 0.25) is 0 Å². The summed E-state index contributed by atoms with van der Waals surface area (Å²) < 4.78 is 6.42. The number of thioether (sulfide) groups is 1. The molecule has 0 spiro atoms. The highest BCUT2D eigenvalue weighted by Crippen LogP contribution is 2.53. The quantitative estimate of drug-likeness (QED) is 0.488. The van der Waals surface area contributed by atoms with Gasteiger partial charge in [0.1, 0.15) is 17.5 Å². The van der Waals surface area contributed by atoms with Crippen LogP contribution >= 0.6 is 23.1 Å². The van der Waals surface area contributed by atoms with Crippen LogP contribution in [0, 0.1) is 5.92 Å². The second-order valence-electron chi connectivity index (χ2n) is 8.20. The molecule has 0 saturated carbocycles. The second-order valence-corrected chi connectivity index (χ2v) is 10.3. The van der Waals surface area contributed by atoms with Crippen molar-refractivity contribution < 1.29 is 23.9 Å². The number of carbonyl (C=O) groups is 4. The molecule has 3 atom stereocenters. The average Bonchev–Trinajstić information content (AvgIpc) is 3.31. The summed E-state index contributed by atoms with van der Waals surface area (Å²) in [5.41, 5.74) is 6.58. The van der Waals surface area contributed by atoms with Gasteiger partial charge in [-0.1, -0.05) is 53.4 Å². The fraction of sp³-hybridized carbons (Fsp3) is 0.208. The zero-order valence-electron chi connectivity index (χ0n) is 18.9. The van der Waals surface area contributed by atoms with Crippen molar-refractivity contribution in [2.24, 2.45) is 11.7 Å². The van der Waals surface area contributed by atoms with Gasteiger partial charge in [0.05, 0.1) is 18.1 Å². The monoisotopic (exact) mass is 524 g/mol. The first-order valence-corrected chi connectivity index (χ1v) is 12.6. The van der Waals surface area contributed by atoms with Crippen LogP contribution in [-0.4, -0.2) is 45.6 Å². The molecule has 0 unspecified atom stereocenters. The molecule has 2 aliphatic heterocycles. The summed E-state index contributed by atoms with van der Waals surface area (Å²) in [5.74, 6) is -2.75. The summed E-state index contributed by atoms with van der Waals surface area (Å²) in [4.78, 5) is 64.6. The predicted octanol–water partition coefficient (Wildman–Crippen LogP) is 2.23. The molecule has 36 heavy (non-hydrogen) atoms. The number of nitrogens with zero attached hydrogens (tertiary/aromatic N) is 2. The summed E-state index contributed by atoms with van der Waals surface area (Å²) in [6.45, 7) is -0.287. The average molecular weight is 525 g/mol. The molecule has 0 aliphatic carbocycles. The van der Waals surface area contributed by atoms with E-state index in [1.54, 1.807) is 48.5 Å². The Kier molecular flexibility index (Phi) is 6.14. The molecule has 3 N–H and O–H groups in total. The molecule has 12 heteroatoms. The number of methoxy groups -OCH3 is 1. The molecule has 10 nitrogen and oxygen atoms in total. The van der Waals surface area contributed by atoms with Crippen molar-refractivity contribution >= 4 is 52.5 Å². The third-order valence-electron chi connectivity index (χ3n) is 6.10. The highest BCUT2D eigenvalue weighted by molar-refractivity contribution is 8.00. The van der Waals surface area contributed by atoms with Gasteiger partial charge in [0.15, 0.2) is 0 Å². The number of urea groups is 1. The summed E-state index contributed by atoms with van der Waals surface area (Å²) in [6.07, 6.45) is 0. The number of imide groups is 3. The highest BCUT2D eigenvalue weighted by atomic mass is 32.2. The number of anilines is 1. The Labute approximate surface area is 213 Å². The van der Waals surface area contributed by atoms with Gasteiger partial charge in [-0.25, -0.2) is 4.79 Å². The summed E-state index contributed by atoms with van der Waals surface area (Å²) in [6, 6.07) is 14.6. The third-order valence-corrected chi connectivity index (χ3v) is 8.71. The number of amides is 5. The largest absolute Gasteiger partial charge is 0.497 e. The van der Waals surface area contributed by atoms with E-state index in [4.69, 9.17) is 10.5 Å². The number of carbonyl (C=O) groups excluding carboxylic acids is 4. The number of likely N-dealkylation sites (tertiary alicyclic amines) is 1. The van der Waals surface area contributed by atoms with E-state index >= 15 is 0 Å². The Morgan fingerprint density at radius 1 is 1.03 bits per heavy atom. The molecule has 1 fully saturated rings. The van der Waals surface area contributed by atoms with Crippen LogP contribution in [0.1, 0.15) is 16.4 Å². The number of nitrogens with two attached hydrogens (primary N) is 1. The molecule has 0 radical (unpaired) electrons. The zero-order valence-corrected chi connectivity index (χ0v) is 20.5. The van der Waals surface area contributed by atoms with Crippen molar-refractivity contribution in [1.82, 2.24) is 9.47 Å². The number of hydrogen-bond donors (Lipinski definition) is 2. The van der Waals surface area contributed by atoms with Crippen molar-refractivity contribution in [1.29, 1.82) is 0 Å². The smallest absolute Gasteiger partial charge is 0.328 e. The maximum Gasteiger partial charge on any atom is 0.328 e. The SMILES string of the molecule is COc1ccc(NC(=O)Cn2c3c(sc2=O)[C@@H](c2ccccc2)[C@H]2C(=O)N(C(N)=O)C(=O)[C@H]2S3)cc1. The third kappa shape index (κ3) is 3.97. The molecular weight excluding hydrogens is 504 g/mol. The Balaban J connectivity index is 1.52. The van der Waals surface area contributed by atoms with E-state index in [0.29, 0.717) is 26.2 Å². The van der Waals surface area contributed by atoms with Crippen LogP contribution in [0.15, 0.2) is 64.4 Å². The minimum absolute atomic E-state index is 0.287. The van der Waals surface area contributed by atoms with Crippen molar-refractivity contribution in [3.05, 3.63) is 74.7 Å². The van der Waals surface area contributed by atoms with E-state index in [1.165, 1.54) is 11.7 Å². The van der Waals surface area contributed by atoms with Gasteiger partial charge in [0.2, 0.25) is 11.8 Å². The van der Waals surface area contributed by atoms with E-state index in [1.807, 2.05) is 6.07 Å². The standard InChI is InChI=1S/C24H20N4O6S2/c1-34-14-9-7-13(8-10-14)26-15(29)11-27-22-19(36-24(27)33)16(12-5-3-2-4-6-12)17-18(35-22)21(31)28(20(17)30)23(25)32/h2-10,16-18H,11H2,1H3,(H2,25,32)(H,26,29)/t16-,17+,18-/m0/s1. The lowest BCUT2D eigenvalue weighted by Gasteiger charge is -2.30. The Morgan fingerprint density at radius 2 is 1.72 bits per heavy atom. The second kappa shape index (κ2) is 9.28. The van der Waals surface area contributed by atoms with Gasteiger partial charge in [-0.15, -0.1) is 0 Å². The van der Waals surface area contributed by atoms with Crippen molar-refractivity contribution in [2.75, 3.05) is 12.4 Å². The van der Waals surface area contributed by atoms with Crippen LogP contribution in [0.4, 0.5) is 10.5 Å². The Bertz CT molecular complexity index is 1430. The van der Waals surface area contributed by atoms with E-state index in [9.17, 15) is 24.0 Å². The van der Waals surface area contributed by atoms with E-state index in [2.05, 4.69) is 5.32 Å². The lowest BCUT2D eigenvalue weighted by atomic mass is 9.83. The lowest BCUT2D eigenvalue weighted by Crippen LogP contribution is -2.41. The number of thiazole rings is 1. The predicted molar refractivity (Wildman–Crippen MR) is 133 cm³/mol. The molecule has 1 saturated heterocycles. The first kappa shape index (κ1) is 23.8. The number of primary amides is 1. The van der Waals surface area contributed by atoms with E-state index in [0.717, 1.165) is 28.7 Å². The molecule has 3 heterocycles. The molecule has 0 bridgehead atoms. The van der Waals surface area contributed by atoms with Crippen LogP contribution in [0.3, 0.4) is 0 Å². The summed E-state index contributed by atoms with van der Waals surface area (Å²) in [7, 11) is 1.54. The number of hydrogen-bond acceptors (Lipinski definition) is 8. The maximum absolute atomic E-state index is 13.1. The molecule has 1 aromatic heterocycles. The molecule has 5 amide bonds. The summed E-state index contributed by atoms with van der Waals surface area (Å²) in [5, 5.41) is 2.22. The van der Waals surface area contributed by atoms with Gasteiger partial charge in [-0.05, 0) is 29.8 Å². The van der Waals surface area contributed by atoms with Gasteiger partial charge in [-0.2, -0.15) is 4.90 Å². The van der Waals surface area contributed by atoms with Crippen LogP contribution in [0.25, 0.3) is 0 Å². The van der Waals surface area contributed by atoms with Crippen LogP contribution < -0.4 is 20.7 Å². The normalized spacial score (nSPS) is 20.6. The van der Waals surface area contributed by atoms with Gasteiger partial charge < -0.3 is 15.8 Å². The molecule has 5 rings (SSSR count). The van der Waals surface area contributed by atoms with Crippen molar-refractivity contribution in [3.63, 3.8) is 0 Å². The minimum Gasteiger partial charge on any atom is -0.497 e. The first-order valence-electron chi connectivity index (χ1n) is 10.9. The molecule has 184 valence electrons. The number of fused-ring (bicyclic) bond motifs is 2. The van der Waals surface area contributed by atoms with Crippen LogP contribution in [-0.2, 0) is 20.9 Å². The Morgan fingerprint density at radius 3 is 2.36 bits per heavy atom. The summed E-state index contributed by atoms with van der Waals surface area (Å²) >= 11 is 1.94. The number of rotatable bonds is 5. The maximum atomic E-state index is 13.1. The molecule has 3 aromatic rings. The fourth-order valence-electron chi connectivity index (χ4n) is 4.51. The molecular formula is C24H20N4O6S2.